The van der Waals surface area contributed by atoms with Crippen LogP contribution in [0.25, 0.3) is 0 Å². The smallest absolute Gasteiger partial charge is 0.119 e. The number of rotatable bonds is 8. The van der Waals surface area contributed by atoms with Crippen molar-refractivity contribution in [3.63, 3.8) is 0 Å². The molecular weight excluding hydrogens is 280 g/mol. The van der Waals surface area contributed by atoms with E-state index in [1.807, 2.05) is 11.6 Å². The Bertz CT molecular complexity index is 508. The summed E-state index contributed by atoms with van der Waals surface area (Å²) in [6, 6.07) is 8.71. The Hall–Kier alpha value is -1.39. The maximum atomic E-state index is 5.70. The highest BCUT2D eigenvalue weighted by Crippen LogP contribution is 2.18. The lowest BCUT2D eigenvalue weighted by Gasteiger charge is -2.15. The van der Waals surface area contributed by atoms with Crippen molar-refractivity contribution in [2.75, 3.05) is 13.2 Å². The van der Waals surface area contributed by atoms with Gasteiger partial charge in [0, 0.05) is 30.6 Å². The summed E-state index contributed by atoms with van der Waals surface area (Å²) in [5.41, 5.74) is 1.28. The van der Waals surface area contributed by atoms with Crippen molar-refractivity contribution in [3.8, 4) is 5.75 Å². The van der Waals surface area contributed by atoms with Crippen LogP contribution >= 0.6 is 11.3 Å². The van der Waals surface area contributed by atoms with Crippen molar-refractivity contribution < 1.29 is 4.74 Å². The summed E-state index contributed by atoms with van der Waals surface area (Å²) < 4.78 is 5.70. The molecule has 1 heterocycles. The molecule has 1 N–H and O–H groups in total. The van der Waals surface area contributed by atoms with Gasteiger partial charge in [-0.15, -0.1) is 11.3 Å². The van der Waals surface area contributed by atoms with E-state index in [2.05, 4.69) is 55.3 Å². The minimum atomic E-state index is 0.337. The number of hydrogen-bond acceptors (Lipinski definition) is 4. The Kier molecular flexibility index (Phi) is 6.21. The summed E-state index contributed by atoms with van der Waals surface area (Å²) in [5, 5.41) is 6.74. The molecule has 0 saturated heterocycles. The second-order valence-electron chi connectivity index (χ2n) is 5.63. The van der Waals surface area contributed by atoms with Crippen LogP contribution in [0.4, 0.5) is 0 Å². The third-order valence-corrected chi connectivity index (χ3v) is 4.08. The van der Waals surface area contributed by atoms with Gasteiger partial charge in [0.15, 0.2) is 0 Å². The van der Waals surface area contributed by atoms with E-state index in [4.69, 9.17) is 4.74 Å². The van der Waals surface area contributed by atoms with E-state index >= 15 is 0 Å². The molecule has 114 valence electrons. The SMILES string of the molecule is CC(C)COc1ccc(C(C)NCCc2nccs2)cc1. The normalized spacial score (nSPS) is 12.6. The molecule has 1 aromatic carbocycles. The molecule has 1 atom stereocenters. The minimum Gasteiger partial charge on any atom is -0.493 e. The summed E-state index contributed by atoms with van der Waals surface area (Å²) in [4.78, 5) is 4.29. The zero-order valence-electron chi connectivity index (χ0n) is 13.0. The van der Waals surface area contributed by atoms with Gasteiger partial charge in [0.05, 0.1) is 11.6 Å². The van der Waals surface area contributed by atoms with Gasteiger partial charge in [-0.05, 0) is 30.5 Å². The van der Waals surface area contributed by atoms with Crippen molar-refractivity contribution in [3.05, 3.63) is 46.4 Å². The standard InChI is InChI=1S/C17H24N2OS/c1-13(2)12-20-16-6-4-15(5-7-16)14(3)18-9-8-17-19-10-11-21-17/h4-7,10-11,13-14,18H,8-9,12H2,1-3H3. The fraction of sp³-hybridized carbons (Fsp3) is 0.471. The van der Waals surface area contributed by atoms with Crippen LogP contribution in [0.1, 0.15) is 37.4 Å². The Labute approximate surface area is 131 Å². The monoisotopic (exact) mass is 304 g/mol. The van der Waals surface area contributed by atoms with E-state index in [1.165, 1.54) is 10.6 Å². The molecule has 1 unspecified atom stereocenters. The highest BCUT2D eigenvalue weighted by molar-refractivity contribution is 7.09. The number of aromatic nitrogens is 1. The molecule has 0 aliphatic heterocycles. The predicted octanol–water partition coefficient (Wildman–Crippen LogP) is 4.07. The second kappa shape index (κ2) is 8.15. The van der Waals surface area contributed by atoms with Gasteiger partial charge < -0.3 is 10.1 Å². The van der Waals surface area contributed by atoms with E-state index in [0.717, 1.165) is 25.3 Å². The second-order valence-corrected chi connectivity index (χ2v) is 6.60. The van der Waals surface area contributed by atoms with Gasteiger partial charge in [0.1, 0.15) is 5.75 Å². The van der Waals surface area contributed by atoms with Gasteiger partial charge in [0.25, 0.3) is 0 Å². The number of nitrogens with zero attached hydrogens (tertiary/aromatic N) is 1. The Morgan fingerprint density at radius 3 is 2.57 bits per heavy atom. The zero-order valence-corrected chi connectivity index (χ0v) is 13.8. The number of thiazole rings is 1. The van der Waals surface area contributed by atoms with Crippen LogP contribution in [0, 0.1) is 5.92 Å². The number of benzene rings is 1. The molecule has 3 nitrogen and oxygen atoms in total. The Morgan fingerprint density at radius 2 is 1.95 bits per heavy atom. The van der Waals surface area contributed by atoms with E-state index in [0.29, 0.717) is 12.0 Å². The van der Waals surface area contributed by atoms with Gasteiger partial charge >= 0.3 is 0 Å². The molecule has 2 rings (SSSR count). The summed E-state index contributed by atoms with van der Waals surface area (Å²) in [6.07, 6.45) is 2.84. The summed E-state index contributed by atoms with van der Waals surface area (Å²) in [6.45, 7) is 8.21. The number of hydrogen-bond donors (Lipinski definition) is 1. The van der Waals surface area contributed by atoms with Crippen molar-refractivity contribution in [2.24, 2.45) is 5.92 Å². The van der Waals surface area contributed by atoms with E-state index in [9.17, 15) is 0 Å². The lowest BCUT2D eigenvalue weighted by atomic mass is 10.1. The summed E-state index contributed by atoms with van der Waals surface area (Å²) in [7, 11) is 0. The van der Waals surface area contributed by atoms with Crippen LogP contribution in [0.2, 0.25) is 0 Å². The van der Waals surface area contributed by atoms with Gasteiger partial charge in [-0.1, -0.05) is 26.0 Å². The largest absolute Gasteiger partial charge is 0.493 e. The van der Waals surface area contributed by atoms with E-state index in [-0.39, 0.29) is 0 Å². The van der Waals surface area contributed by atoms with Crippen LogP contribution in [-0.2, 0) is 6.42 Å². The molecule has 0 saturated carbocycles. The van der Waals surface area contributed by atoms with Crippen LogP contribution in [0.3, 0.4) is 0 Å². The Morgan fingerprint density at radius 1 is 1.19 bits per heavy atom. The van der Waals surface area contributed by atoms with E-state index < -0.39 is 0 Å². The maximum Gasteiger partial charge on any atom is 0.119 e. The molecule has 1 aromatic heterocycles. The topological polar surface area (TPSA) is 34.1 Å². The van der Waals surface area contributed by atoms with Gasteiger partial charge in [0.2, 0.25) is 0 Å². The molecule has 0 spiro atoms. The lowest BCUT2D eigenvalue weighted by molar-refractivity contribution is 0.271. The van der Waals surface area contributed by atoms with Crippen LogP contribution in [0.5, 0.6) is 5.75 Å². The molecule has 0 aliphatic rings. The molecule has 0 radical (unpaired) electrons. The first-order valence-electron chi connectivity index (χ1n) is 7.49. The third kappa shape index (κ3) is 5.48. The van der Waals surface area contributed by atoms with Crippen LogP contribution in [0.15, 0.2) is 35.8 Å². The van der Waals surface area contributed by atoms with Crippen LogP contribution < -0.4 is 10.1 Å². The third-order valence-electron chi connectivity index (χ3n) is 3.24. The van der Waals surface area contributed by atoms with Gasteiger partial charge in [-0.2, -0.15) is 0 Å². The first-order valence-corrected chi connectivity index (χ1v) is 8.37. The molecular formula is C17H24N2OS. The van der Waals surface area contributed by atoms with Gasteiger partial charge in [-0.3, -0.25) is 0 Å². The van der Waals surface area contributed by atoms with E-state index in [1.54, 1.807) is 11.3 Å². The highest BCUT2D eigenvalue weighted by Gasteiger charge is 2.05. The zero-order chi connectivity index (χ0) is 15.1. The van der Waals surface area contributed by atoms with Gasteiger partial charge in [-0.25, -0.2) is 4.98 Å². The quantitative estimate of drug-likeness (QED) is 0.798. The minimum absolute atomic E-state index is 0.337. The number of ether oxygens (including phenoxy) is 1. The fourth-order valence-electron chi connectivity index (χ4n) is 2.01. The molecule has 0 amide bonds. The average molecular weight is 304 g/mol. The number of nitrogens with one attached hydrogen (secondary N) is 1. The van der Waals surface area contributed by atoms with Crippen molar-refractivity contribution >= 4 is 11.3 Å². The molecule has 0 fully saturated rings. The fourth-order valence-corrected chi connectivity index (χ4v) is 2.63. The molecule has 0 bridgehead atoms. The van der Waals surface area contributed by atoms with Crippen molar-refractivity contribution in [2.45, 2.75) is 33.2 Å². The van der Waals surface area contributed by atoms with Crippen LogP contribution in [-0.4, -0.2) is 18.1 Å². The first kappa shape index (κ1) is 16.0. The molecule has 4 heteroatoms. The van der Waals surface area contributed by atoms with Crippen molar-refractivity contribution in [1.82, 2.24) is 10.3 Å². The highest BCUT2D eigenvalue weighted by atomic mass is 32.1. The Balaban J connectivity index is 1.77. The molecule has 2 aromatic rings. The molecule has 0 aliphatic carbocycles. The molecule has 21 heavy (non-hydrogen) atoms. The summed E-state index contributed by atoms with van der Waals surface area (Å²) >= 11 is 1.71. The van der Waals surface area contributed by atoms with Crippen molar-refractivity contribution in [1.29, 1.82) is 0 Å². The first-order chi connectivity index (χ1) is 10.1. The lowest BCUT2D eigenvalue weighted by Crippen LogP contribution is -2.21. The predicted molar refractivity (Wildman–Crippen MR) is 89.0 cm³/mol. The maximum absolute atomic E-state index is 5.70. The average Bonchev–Trinajstić information content (AvgIpc) is 2.99. The summed E-state index contributed by atoms with van der Waals surface area (Å²) in [5.74, 6) is 1.50.